The van der Waals surface area contributed by atoms with Gasteiger partial charge in [0.15, 0.2) is 5.75 Å². The molecule has 1 fully saturated rings. The Morgan fingerprint density at radius 3 is 1.96 bits per heavy atom. The van der Waals surface area contributed by atoms with Gasteiger partial charge in [-0.2, -0.15) is 50.0 Å². The fourth-order valence-corrected chi connectivity index (χ4v) is 6.06. The molecule has 1 aliphatic rings. The number of ether oxygens (including phenoxy) is 2. The number of nitrogens with zero attached hydrogens (tertiary/aromatic N) is 4. The summed E-state index contributed by atoms with van der Waals surface area (Å²) < 4.78 is 136. The molecule has 0 spiro atoms. The Balaban J connectivity index is 1.84. The first kappa shape index (κ1) is 38.3. The lowest BCUT2D eigenvalue weighted by Crippen LogP contribution is -2.46. The molecule has 0 amide bonds. The number of aromatic nitrogens is 2. The summed E-state index contributed by atoms with van der Waals surface area (Å²) in [6.07, 6.45) is -10.9. The minimum Gasteiger partial charge on any atom is -0.490 e. The Bertz CT molecular complexity index is 1570. The van der Waals surface area contributed by atoms with Gasteiger partial charge < -0.3 is 19.3 Å². The summed E-state index contributed by atoms with van der Waals surface area (Å²) >= 11 is 0. The van der Waals surface area contributed by atoms with Crippen molar-refractivity contribution in [3.05, 3.63) is 76.6 Å². The molecule has 3 aromatic rings. The zero-order chi connectivity index (χ0) is 36.3. The van der Waals surface area contributed by atoms with Gasteiger partial charge in [0.25, 0.3) is 0 Å². The van der Waals surface area contributed by atoms with Crippen molar-refractivity contribution in [1.29, 1.82) is 0 Å². The third kappa shape index (κ3) is 10.0. The molecule has 2 heterocycles. The summed E-state index contributed by atoms with van der Waals surface area (Å²) in [6.45, 7) is 7.49. The van der Waals surface area contributed by atoms with Crippen molar-refractivity contribution in [1.82, 2.24) is 9.97 Å². The van der Waals surface area contributed by atoms with Crippen LogP contribution in [0.15, 0.2) is 48.8 Å². The van der Waals surface area contributed by atoms with Gasteiger partial charge in [0.05, 0.1) is 53.9 Å². The van der Waals surface area contributed by atoms with Crippen LogP contribution in [0.2, 0.25) is 0 Å². The van der Waals surface area contributed by atoms with Crippen molar-refractivity contribution in [3.63, 3.8) is 0 Å². The van der Waals surface area contributed by atoms with Gasteiger partial charge in [0, 0.05) is 31.1 Å². The summed E-state index contributed by atoms with van der Waals surface area (Å²) in [5, 5.41) is 2.03. The van der Waals surface area contributed by atoms with E-state index < -0.39 is 47.8 Å². The molecule has 0 saturated carbocycles. The van der Waals surface area contributed by atoms with Gasteiger partial charge in [-0.1, -0.05) is 5.37 Å². The van der Waals surface area contributed by atoms with Crippen molar-refractivity contribution in [2.75, 3.05) is 41.5 Å². The summed E-state index contributed by atoms with van der Waals surface area (Å²) in [6, 6.07) is 3.10. The number of hydrogen-bond donors (Lipinski definition) is 0. The van der Waals surface area contributed by atoms with Crippen molar-refractivity contribution in [2.45, 2.75) is 71.0 Å². The number of halogens is 9. The fourth-order valence-electron chi connectivity index (χ4n) is 5.48. The molecule has 2 unspecified atom stereocenters. The zero-order valence-electron chi connectivity index (χ0n) is 27.4. The van der Waals surface area contributed by atoms with Gasteiger partial charge in [-0.15, -0.1) is 0 Å². The average molecular weight is 725 g/mol. The fraction of sp³-hybridized carbons (Fsp3) is 0.485. The SMILES string of the molecule is C/C=S(\C)CCOc1cnc(N(Cc2cc(C(F)(F)F)ccc2N2C[C@@H](C)O[C@@H](C)C2)C(C)c2cc(C(F)(F)F)cc(C(F)(F)F)c2)nc1. The van der Waals surface area contributed by atoms with E-state index in [1.165, 1.54) is 30.3 Å². The van der Waals surface area contributed by atoms with E-state index in [1.807, 2.05) is 37.3 Å². The molecule has 0 N–H and O–H groups in total. The zero-order valence-corrected chi connectivity index (χ0v) is 28.2. The van der Waals surface area contributed by atoms with Crippen molar-refractivity contribution >= 4 is 27.5 Å². The minimum atomic E-state index is -5.11. The average Bonchev–Trinajstić information content (AvgIpc) is 3.01. The molecule has 1 saturated heterocycles. The number of anilines is 2. The van der Waals surface area contributed by atoms with Crippen molar-refractivity contribution < 1.29 is 49.0 Å². The lowest BCUT2D eigenvalue weighted by atomic mass is 9.98. The van der Waals surface area contributed by atoms with E-state index in [0.29, 0.717) is 37.5 Å². The van der Waals surface area contributed by atoms with Crippen LogP contribution >= 0.6 is 10.5 Å². The van der Waals surface area contributed by atoms with Gasteiger partial charge in [-0.25, -0.2) is 9.97 Å². The highest BCUT2D eigenvalue weighted by molar-refractivity contribution is 8.14. The summed E-state index contributed by atoms with van der Waals surface area (Å²) in [7, 11) is 0.00183. The highest BCUT2D eigenvalue weighted by Gasteiger charge is 2.38. The number of benzene rings is 2. The molecule has 16 heteroatoms. The second-order valence-electron chi connectivity index (χ2n) is 11.8. The molecule has 0 aliphatic carbocycles. The van der Waals surface area contributed by atoms with Crippen LogP contribution in [0.5, 0.6) is 5.75 Å². The minimum absolute atomic E-state index is 0.00183. The predicted molar refractivity (Wildman–Crippen MR) is 172 cm³/mol. The van der Waals surface area contributed by atoms with E-state index in [1.54, 1.807) is 0 Å². The van der Waals surface area contributed by atoms with Crippen molar-refractivity contribution in [3.8, 4) is 5.75 Å². The summed E-state index contributed by atoms with van der Waals surface area (Å²) in [5.41, 5.74) is -3.90. The Morgan fingerprint density at radius 1 is 0.898 bits per heavy atom. The van der Waals surface area contributed by atoms with Crippen LogP contribution < -0.4 is 14.5 Å². The quantitative estimate of drug-likeness (QED) is 0.154. The third-order valence-corrected chi connectivity index (χ3v) is 9.63. The first-order valence-corrected chi connectivity index (χ1v) is 17.1. The van der Waals surface area contributed by atoms with Gasteiger partial charge in [0.2, 0.25) is 5.95 Å². The molecule has 6 nitrogen and oxygen atoms in total. The van der Waals surface area contributed by atoms with Crippen LogP contribution in [0.3, 0.4) is 0 Å². The van der Waals surface area contributed by atoms with E-state index in [2.05, 4.69) is 9.97 Å². The predicted octanol–water partition coefficient (Wildman–Crippen LogP) is 9.01. The van der Waals surface area contributed by atoms with E-state index in [-0.39, 0.29) is 51.6 Å². The molecule has 1 aliphatic heterocycles. The van der Waals surface area contributed by atoms with E-state index in [0.717, 1.165) is 17.9 Å². The number of alkyl halides is 9. The van der Waals surface area contributed by atoms with Gasteiger partial charge in [-0.3, -0.25) is 0 Å². The smallest absolute Gasteiger partial charge is 0.416 e. The van der Waals surface area contributed by atoms with Crippen LogP contribution in [0.1, 0.15) is 61.6 Å². The number of rotatable bonds is 10. The summed E-state index contributed by atoms with van der Waals surface area (Å²) in [4.78, 5) is 11.7. The Hall–Kier alpha value is -3.53. The lowest BCUT2D eigenvalue weighted by Gasteiger charge is -2.39. The molecule has 270 valence electrons. The molecule has 1 aromatic heterocycles. The summed E-state index contributed by atoms with van der Waals surface area (Å²) in [5.74, 6) is 0.837. The maximum atomic E-state index is 14.0. The first-order valence-electron chi connectivity index (χ1n) is 15.3. The lowest BCUT2D eigenvalue weighted by molar-refractivity contribution is -0.143. The van der Waals surface area contributed by atoms with Crippen LogP contribution in [-0.4, -0.2) is 59.2 Å². The van der Waals surface area contributed by atoms with Crippen LogP contribution in [0.25, 0.3) is 0 Å². The van der Waals surface area contributed by atoms with Gasteiger partial charge in [-0.05, 0) is 81.5 Å². The maximum absolute atomic E-state index is 14.0. The van der Waals surface area contributed by atoms with E-state index in [9.17, 15) is 39.5 Å². The standard InChI is InChI=1S/C33H37F9N4O2S/c1-6-49(5)10-9-47-28-15-43-30(44-16-28)46(22(4)23-11-26(32(37,38)39)14-27(12-23)33(40,41)42)19-24-13-25(31(34,35)36)7-8-29(24)45-17-20(2)48-21(3)18-45/h6-8,11-16,20-22H,9-10,17-19H2,1-5H3/t20-,21+,22?,49?. The Labute approximate surface area is 281 Å². The van der Waals surface area contributed by atoms with Crippen LogP contribution in [0.4, 0.5) is 51.1 Å². The van der Waals surface area contributed by atoms with Gasteiger partial charge in [0.1, 0.15) is 0 Å². The molecular formula is C33H37F9N4O2S. The monoisotopic (exact) mass is 724 g/mol. The molecule has 0 radical (unpaired) electrons. The largest absolute Gasteiger partial charge is 0.490 e. The normalized spacial score (nSPS) is 18.8. The molecular weight excluding hydrogens is 687 g/mol. The number of hydrogen-bond acceptors (Lipinski definition) is 6. The maximum Gasteiger partial charge on any atom is 0.416 e. The Kier molecular flexibility index (Phi) is 11.8. The van der Waals surface area contributed by atoms with Crippen LogP contribution in [0, 0.1) is 0 Å². The Morgan fingerprint density at radius 2 is 1.45 bits per heavy atom. The van der Waals surface area contributed by atoms with Crippen LogP contribution in [-0.2, 0) is 29.8 Å². The molecule has 49 heavy (non-hydrogen) atoms. The highest BCUT2D eigenvalue weighted by Crippen LogP contribution is 2.40. The van der Waals surface area contributed by atoms with Crippen molar-refractivity contribution in [2.24, 2.45) is 0 Å². The number of morpholine rings is 1. The molecule has 4 atom stereocenters. The van der Waals surface area contributed by atoms with E-state index >= 15 is 0 Å². The molecule has 2 aromatic carbocycles. The van der Waals surface area contributed by atoms with E-state index in [4.69, 9.17) is 9.47 Å². The molecule has 4 rings (SSSR count). The molecule has 0 bridgehead atoms. The third-order valence-electron chi connectivity index (χ3n) is 8.02. The first-order chi connectivity index (χ1) is 22.8. The topological polar surface area (TPSA) is 50.7 Å². The second kappa shape index (κ2) is 15.2. The highest BCUT2D eigenvalue weighted by atomic mass is 32.2. The van der Waals surface area contributed by atoms with Gasteiger partial charge >= 0.3 is 18.5 Å². The second-order valence-corrected chi connectivity index (χ2v) is 14.1.